The average molecular weight is 630 g/mol. The Kier molecular flexibility index (Phi) is 10.3. The number of ketones is 1. The van der Waals surface area contributed by atoms with Gasteiger partial charge in [-0.05, 0) is 66.7 Å². The van der Waals surface area contributed by atoms with E-state index in [9.17, 15) is 14.4 Å². The van der Waals surface area contributed by atoms with Crippen molar-refractivity contribution in [2.45, 2.75) is 4.90 Å². The molecule has 0 aliphatic carbocycles. The Hall–Kier alpha value is -3.26. The first-order chi connectivity index (χ1) is 19.2. The zero-order chi connectivity index (χ0) is 28.6. The van der Waals surface area contributed by atoms with E-state index in [4.69, 9.17) is 46.4 Å². The van der Waals surface area contributed by atoms with Crippen molar-refractivity contribution in [1.29, 1.82) is 0 Å². The number of amides is 2. The van der Waals surface area contributed by atoms with E-state index in [1.807, 2.05) is 6.07 Å². The lowest BCUT2D eigenvalue weighted by molar-refractivity contribution is -0.113. The summed E-state index contributed by atoms with van der Waals surface area (Å²) in [5, 5.41) is 6.81. The Morgan fingerprint density at radius 1 is 0.750 bits per heavy atom. The number of carbonyl (C=O) groups is 3. The number of hydrogen-bond donors (Lipinski definition) is 2. The van der Waals surface area contributed by atoms with Crippen LogP contribution in [0.15, 0.2) is 102 Å². The van der Waals surface area contributed by atoms with Gasteiger partial charge in [-0.1, -0.05) is 76.7 Å². The second-order valence-corrected chi connectivity index (χ2v) is 11.0. The minimum absolute atomic E-state index is 0.0607. The van der Waals surface area contributed by atoms with Crippen LogP contribution in [0, 0.1) is 0 Å². The van der Waals surface area contributed by atoms with Crippen LogP contribution in [0.25, 0.3) is 6.08 Å². The highest BCUT2D eigenvalue weighted by atomic mass is 35.5. The van der Waals surface area contributed by atoms with Gasteiger partial charge in [-0.25, -0.2) is 0 Å². The second kappa shape index (κ2) is 13.9. The Labute approximate surface area is 255 Å². The lowest BCUT2D eigenvalue weighted by Gasteiger charge is -2.13. The summed E-state index contributed by atoms with van der Waals surface area (Å²) in [6.45, 7) is 0. The fraction of sp³-hybridized carbons (Fsp3) is 0.0333. The molecule has 0 aliphatic heterocycles. The molecule has 2 N–H and O–H groups in total. The highest BCUT2D eigenvalue weighted by molar-refractivity contribution is 8.00. The van der Waals surface area contributed by atoms with Gasteiger partial charge in [-0.2, -0.15) is 0 Å². The summed E-state index contributed by atoms with van der Waals surface area (Å²) in [5.74, 6) is -1.10. The molecule has 0 aliphatic rings. The lowest BCUT2D eigenvalue weighted by Crippen LogP contribution is -2.30. The summed E-state index contributed by atoms with van der Waals surface area (Å²) in [5.41, 5.74) is 1.53. The largest absolute Gasteiger partial charge is 0.321 e. The van der Waals surface area contributed by atoms with Gasteiger partial charge in [0.25, 0.3) is 11.8 Å². The number of rotatable bonds is 9. The van der Waals surface area contributed by atoms with Crippen LogP contribution in [0.4, 0.5) is 5.69 Å². The van der Waals surface area contributed by atoms with Gasteiger partial charge in [0.2, 0.25) is 0 Å². The Balaban J connectivity index is 1.53. The molecule has 0 fully saturated rings. The normalized spacial score (nSPS) is 11.2. The molecule has 2 amide bonds. The molecule has 0 atom stereocenters. The second-order valence-electron chi connectivity index (χ2n) is 8.33. The number of nitrogens with one attached hydrogen (secondary N) is 2. The molecule has 4 rings (SSSR count). The van der Waals surface area contributed by atoms with Crippen LogP contribution in [-0.2, 0) is 4.79 Å². The number of halogens is 4. The zero-order valence-electron chi connectivity index (χ0n) is 20.6. The summed E-state index contributed by atoms with van der Waals surface area (Å²) in [7, 11) is 0. The third-order valence-corrected chi connectivity index (χ3v) is 7.71. The first kappa shape index (κ1) is 29.7. The number of thioether (sulfide) groups is 1. The molecule has 0 unspecified atom stereocenters. The standard InChI is InChI=1S/C30H20Cl4N2O3S/c31-19-12-13-22(26(34)14-19)28(37)17-40-21-9-4-8-20(15-21)35-30(39)27(16-23-24(32)10-5-11-25(23)33)36-29(38)18-6-2-1-3-7-18/h1-16H,17H2,(H,35,39)(H,36,38)/b27-16-. The van der Waals surface area contributed by atoms with Crippen molar-refractivity contribution >= 4 is 87.5 Å². The van der Waals surface area contributed by atoms with E-state index in [1.165, 1.54) is 23.9 Å². The van der Waals surface area contributed by atoms with Gasteiger partial charge in [-0.3, -0.25) is 14.4 Å². The summed E-state index contributed by atoms with van der Waals surface area (Å²) < 4.78 is 0. The number of benzene rings is 4. The van der Waals surface area contributed by atoms with Crippen molar-refractivity contribution in [3.8, 4) is 0 Å². The van der Waals surface area contributed by atoms with Gasteiger partial charge in [0.1, 0.15) is 5.70 Å². The van der Waals surface area contributed by atoms with E-state index in [2.05, 4.69) is 10.6 Å². The number of hydrogen-bond acceptors (Lipinski definition) is 4. The maximum Gasteiger partial charge on any atom is 0.272 e. The summed E-state index contributed by atoms with van der Waals surface area (Å²) in [6, 6.07) is 25.1. The molecule has 0 saturated carbocycles. The van der Waals surface area contributed by atoms with Crippen molar-refractivity contribution in [2.75, 3.05) is 11.1 Å². The van der Waals surface area contributed by atoms with E-state index in [-0.39, 0.29) is 22.3 Å². The fourth-order valence-electron chi connectivity index (χ4n) is 3.54. The molecule has 5 nitrogen and oxygen atoms in total. The first-order valence-corrected chi connectivity index (χ1v) is 14.3. The van der Waals surface area contributed by atoms with Crippen LogP contribution in [0.1, 0.15) is 26.3 Å². The van der Waals surface area contributed by atoms with Crippen molar-refractivity contribution in [2.24, 2.45) is 0 Å². The van der Waals surface area contributed by atoms with Gasteiger partial charge in [0, 0.05) is 42.3 Å². The number of anilines is 1. The van der Waals surface area contributed by atoms with Crippen molar-refractivity contribution in [3.63, 3.8) is 0 Å². The molecule has 4 aromatic carbocycles. The predicted octanol–water partition coefficient (Wildman–Crippen LogP) is 8.68. The molecule has 0 aromatic heterocycles. The van der Waals surface area contributed by atoms with Gasteiger partial charge < -0.3 is 10.6 Å². The molecule has 202 valence electrons. The first-order valence-electron chi connectivity index (χ1n) is 11.8. The third kappa shape index (κ3) is 7.90. The van der Waals surface area contributed by atoms with Crippen molar-refractivity contribution in [1.82, 2.24) is 5.32 Å². The maximum atomic E-state index is 13.4. The molecular weight excluding hydrogens is 610 g/mol. The van der Waals surface area contributed by atoms with Crippen LogP contribution in [0.5, 0.6) is 0 Å². The molecular formula is C30H20Cl4N2O3S. The SMILES string of the molecule is O=C(Nc1cccc(SCC(=O)c2ccc(Cl)cc2Cl)c1)/C(=C/c1c(Cl)cccc1Cl)NC(=O)c1ccccc1. The Morgan fingerprint density at radius 2 is 1.45 bits per heavy atom. The highest BCUT2D eigenvalue weighted by Crippen LogP contribution is 2.28. The molecule has 0 saturated heterocycles. The Morgan fingerprint density at radius 3 is 2.15 bits per heavy atom. The monoisotopic (exact) mass is 628 g/mol. The van der Waals surface area contributed by atoms with E-state index in [0.717, 1.165) is 4.90 Å². The molecule has 0 bridgehead atoms. The highest BCUT2D eigenvalue weighted by Gasteiger charge is 2.17. The van der Waals surface area contributed by atoms with Crippen LogP contribution in [0.3, 0.4) is 0 Å². The van der Waals surface area contributed by atoms with Gasteiger partial charge in [0.05, 0.1) is 10.8 Å². The summed E-state index contributed by atoms with van der Waals surface area (Å²) in [4.78, 5) is 39.7. The topological polar surface area (TPSA) is 75.3 Å². The van der Waals surface area contributed by atoms with Crippen molar-refractivity contribution < 1.29 is 14.4 Å². The molecule has 4 aromatic rings. The molecule has 10 heteroatoms. The minimum atomic E-state index is -0.591. The van der Waals surface area contributed by atoms with E-state index >= 15 is 0 Å². The molecule has 40 heavy (non-hydrogen) atoms. The van der Waals surface area contributed by atoms with Crippen LogP contribution < -0.4 is 10.6 Å². The van der Waals surface area contributed by atoms with E-state index < -0.39 is 11.8 Å². The molecule has 0 heterocycles. The number of carbonyl (C=O) groups excluding carboxylic acids is 3. The van der Waals surface area contributed by atoms with Crippen LogP contribution in [0.2, 0.25) is 20.1 Å². The summed E-state index contributed by atoms with van der Waals surface area (Å²) >= 11 is 26.0. The van der Waals surface area contributed by atoms with Gasteiger partial charge in [0.15, 0.2) is 5.78 Å². The van der Waals surface area contributed by atoms with Gasteiger partial charge >= 0.3 is 0 Å². The average Bonchev–Trinajstić information content (AvgIpc) is 2.93. The summed E-state index contributed by atoms with van der Waals surface area (Å²) in [6.07, 6.45) is 1.42. The molecule has 0 radical (unpaired) electrons. The van der Waals surface area contributed by atoms with Crippen LogP contribution >= 0.6 is 58.2 Å². The van der Waals surface area contributed by atoms with E-state index in [0.29, 0.717) is 37.4 Å². The number of Topliss-reactive ketones (excluding diaryl/α,β-unsaturated/α-hetero) is 1. The Bertz CT molecular complexity index is 1590. The maximum absolute atomic E-state index is 13.4. The third-order valence-electron chi connectivity index (χ3n) is 5.51. The van der Waals surface area contributed by atoms with Gasteiger partial charge in [-0.15, -0.1) is 11.8 Å². The smallest absolute Gasteiger partial charge is 0.272 e. The predicted molar refractivity (Wildman–Crippen MR) is 165 cm³/mol. The fourth-order valence-corrected chi connectivity index (χ4v) is 5.40. The van der Waals surface area contributed by atoms with E-state index in [1.54, 1.807) is 78.9 Å². The molecule has 0 spiro atoms. The lowest BCUT2D eigenvalue weighted by atomic mass is 10.1. The quantitative estimate of drug-likeness (QED) is 0.110. The zero-order valence-corrected chi connectivity index (χ0v) is 24.4. The van der Waals surface area contributed by atoms with Crippen LogP contribution in [-0.4, -0.2) is 23.4 Å². The minimum Gasteiger partial charge on any atom is -0.321 e. The van der Waals surface area contributed by atoms with Crippen molar-refractivity contribution in [3.05, 3.63) is 133 Å².